The average Bonchev–Trinajstić information content (AvgIpc) is 2.66. The molecule has 148 valence electrons. The number of thioether (sulfide) groups is 1. The zero-order valence-electron chi connectivity index (χ0n) is 16.6. The van der Waals surface area contributed by atoms with Gasteiger partial charge in [-0.25, -0.2) is 4.79 Å². The predicted molar refractivity (Wildman–Crippen MR) is 116 cm³/mol. The lowest BCUT2D eigenvalue weighted by molar-refractivity contribution is 0.0697. The van der Waals surface area contributed by atoms with Crippen molar-refractivity contribution in [1.29, 1.82) is 0 Å². The molecule has 1 aromatic rings. The molecule has 0 saturated heterocycles. The van der Waals surface area contributed by atoms with Crippen molar-refractivity contribution in [1.82, 2.24) is 0 Å². The van der Waals surface area contributed by atoms with Crippen LogP contribution < -0.4 is 5.32 Å². The Hall–Kier alpha value is -1.16. The summed E-state index contributed by atoms with van der Waals surface area (Å²) in [5, 5.41) is 13.0. The van der Waals surface area contributed by atoms with Gasteiger partial charge in [0.1, 0.15) is 0 Å². The van der Waals surface area contributed by atoms with E-state index in [1.807, 2.05) is 23.9 Å². The molecule has 4 heteroatoms. The monoisotopic (exact) mass is 379 g/mol. The van der Waals surface area contributed by atoms with Gasteiger partial charge in [0.25, 0.3) is 0 Å². The van der Waals surface area contributed by atoms with Crippen molar-refractivity contribution >= 4 is 23.4 Å². The highest BCUT2D eigenvalue weighted by Gasteiger charge is 2.07. The first-order valence-electron chi connectivity index (χ1n) is 10.3. The molecule has 0 fully saturated rings. The van der Waals surface area contributed by atoms with E-state index in [2.05, 4.69) is 18.5 Å². The highest BCUT2D eigenvalue weighted by atomic mass is 32.2. The normalized spacial score (nSPS) is 12.1. The molecule has 0 radical (unpaired) electrons. The molecule has 0 bridgehead atoms. The Morgan fingerprint density at radius 1 is 0.962 bits per heavy atom. The molecule has 1 atom stereocenters. The Bertz CT molecular complexity index is 476. The van der Waals surface area contributed by atoms with Crippen LogP contribution in [-0.2, 0) is 0 Å². The zero-order valence-corrected chi connectivity index (χ0v) is 17.5. The van der Waals surface area contributed by atoms with E-state index in [4.69, 9.17) is 5.11 Å². The molecule has 0 spiro atoms. The fourth-order valence-corrected chi connectivity index (χ4v) is 3.78. The SMILES string of the molecule is CCCCCCCCCCCCC(CNc1ccc(C(=O)O)cc1)SC. The molecule has 0 saturated carbocycles. The number of nitrogens with one attached hydrogen (secondary N) is 1. The summed E-state index contributed by atoms with van der Waals surface area (Å²) in [5.41, 5.74) is 1.33. The lowest BCUT2D eigenvalue weighted by Gasteiger charge is -2.16. The van der Waals surface area contributed by atoms with E-state index in [1.165, 1.54) is 70.6 Å². The van der Waals surface area contributed by atoms with Gasteiger partial charge in [-0.1, -0.05) is 71.1 Å². The predicted octanol–water partition coefficient (Wildman–Crippen LogP) is 6.84. The van der Waals surface area contributed by atoms with Crippen molar-refractivity contribution in [2.75, 3.05) is 18.1 Å². The lowest BCUT2D eigenvalue weighted by atomic mass is 10.1. The summed E-state index contributed by atoms with van der Waals surface area (Å²) in [6.07, 6.45) is 17.2. The van der Waals surface area contributed by atoms with Gasteiger partial charge in [-0.2, -0.15) is 11.8 Å². The van der Waals surface area contributed by atoms with Gasteiger partial charge in [0.2, 0.25) is 0 Å². The van der Waals surface area contributed by atoms with Gasteiger partial charge in [0.05, 0.1) is 5.56 Å². The van der Waals surface area contributed by atoms with Crippen molar-refractivity contribution < 1.29 is 9.90 Å². The molecule has 1 unspecified atom stereocenters. The summed E-state index contributed by atoms with van der Waals surface area (Å²) in [4.78, 5) is 10.9. The maximum absolute atomic E-state index is 10.9. The van der Waals surface area contributed by atoms with E-state index in [-0.39, 0.29) is 0 Å². The van der Waals surface area contributed by atoms with Gasteiger partial charge >= 0.3 is 5.97 Å². The van der Waals surface area contributed by atoms with E-state index in [0.717, 1.165) is 12.2 Å². The third-order valence-corrected chi connectivity index (χ3v) is 5.95. The summed E-state index contributed by atoms with van der Waals surface area (Å²) < 4.78 is 0. The van der Waals surface area contributed by atoms with Crippen molar-refractivity contribution in [2.24, 2.45) is 0 Å². The Labute approximate surface area is 164 Å². The smallest absolute Gasteiger partial charge is 0.335 e. The van der Waals surface area contributed by atoms with Gasteiger partial charge in [-0.3, -0.25) is 0 Å². The van der Waals surface area contributed by atoms with Crippen molar-refractivity contribution in [2.45, 2.75) is 82.8 Å². The molecule has 1 rings (SSSR count). The number of rotatable bonds is 16. The summed E-state index contributed by atoms with van der Waals surface area (Å²) in [6, 6.07) is 7.00. The maximum Gasteiger partial charge on any atom is 0.335 e. The van der Waals surface area contributed by atoms with Crippen LogP contribution in [0.2, 0.25) is 0 Å². The van der Waals surface area contributed by atoms with Crippen molar-refractivity contribution in [3.05, 3.63) is 29.8 Å². The summed E-state index contributed by atoms with van der Waals surface area (Å²) in [7, 11) is 0. The quantitative estimate of drug-likeness (QED) is 0.309. The van der Waals surface area contributed by atoms with Gasteiger partial charge in [-0.15, -0.1) is 0 Å². The van der Waals surface area contributed by atoms with Crippen LogP contribution in [0.15, 0.2) is 24.3 Å². The number of hydrogen-bond donors (Lipinski definition) is 2. The van der Waals surface area contributed by atoms with Crippen LogP contribution in [0.1, 0.15) is 87.9 Å². The topological polar surface area (TPSA) is 49.3 Å². The Morgan fingerprint density at radius 2 is 1.50 bits per heavy atom. The summed E-state index contributed by atoms with van der Waals surface area (Å²) >= 11 is 1.92. The second-order valence-corrected chi connectivity index (χ2v) is 8.23. The Kier molecular flexibility index (Phi) is 13.2. The van der Waals surface area contributed by atoms with Gasteiger partial charge in [-0.05, 0) is 36.9 Å². The molecule has 0 aliphatic carbocycles. The third-order valence-electron chi connectivity index (χ3n) is 4.88. The summed E-state index contributed by atoms with van der Waals surface area (Å²) in [6.45, 7) is 3.21. The number of carboxylic acid groups (broad SMARTS) is 1. The van der Waals surface area contributed by atoms with E-state index in [1.54, 1.807) is 12.1 Å². The van der Waals surface area contributed by atoms with Crippen LogP contribution >= 0.6 is 11.8 Å². The van der Waals surface area contributed by atoms with Crippen LogP contribution in [0.3, 0.4) is 0 Å². The Morgan fingerprint density at radius 3 is 2.00 bits per heavy atom. The maximum atomic E-state index is 10.9. The molecule has 0 heterocycles. The minimum Gasteiger partial charge on any atom is -0.478 e. The zero-order chi connectivity index (χ0) is 19.0. The fourth-order valence-electron chi connectivity index (χ4n) is 3.13. The number of benzene rings is 1. The lowest BCUT2D eigenvalue weighted by Crippen LogP contribution is -2.16. The van der Waals surface area contributed by atoms with E-state index >= 15 is 0 Å². The summed E-state index contributed by atoms with van der Waals surface area (Å²) in [5.74, 6) is -0.875. The highest BCUT2D eigenvalue weighted by Crippen LogP contribution is 2.18. The number of hydrogen-bond acceptors (Lipinski definition) is 3. The van der Waals surface area contributed by atoms with Crippen LogP contribution in [-0.4, -0.2) is 29.1 Å². The number of carboxylic acids is 1. The minimum atomic E-state index is -0.875. The van der Waals surface area contributed by atoms with Crippen LogP contribution in [0, 0.1) is 0 Å². The van der Waals surface area contributed by atoms with E-state index in [0.29, 0.717) is 10.8 Å². The number of unbranched alkanes of at least 4 members (excludes halogenated alkanes) is 9. The second kappa shape index (κ2) is 15.0. The van der Waals surface area contributed by atoms with Crippen molar-refractivity contribution in [3.8, 4) is 0 Å². The molecular weight excluding hydrogens is 342 g/mol. The largest absolute Gasteiger partial charge is 0.478 e. The first kappa shape index (κ1) is 22.9. The standard InChI is InChI=1S/C22H37NO2S/c1-3-4-5-6-7-8-9-10-11-12-13-21(26-2)18-23-20-16-14-19(15-17-20)22(24)25/h14-17,21,23H,3-13,18H2,1-2H3,(H,24,25). The molecule has 0 aliphatic heterocycles. The number of anilines is 1. The Balaban J connectivity index is 2.07. The first-order chi connectivity index (χ1) is 12.7. The number of aromatic carboxylic acids is 1. The molecule has 0 amide bonds. The van der Waals surface area contributed by atoms with E-state index < -0.39 is 5.97 Å². The second-order valence-electron chi connectivity index (χ2n) is 7.09. The van der Waals surface area contributed by atoms with Gasteiger partial charge < -0.3 is 10.4 Å². The molecule has 0 aliphatic rings. The molecule has 3 nitrogen and oxygen atoms in total. The van der Waals surface area contributed by atoms with Crippen LogP contribution in [0.25, 0.3) is 0 Å². The molecule has 0 aromatic heterocycles. The van der Waals surface area contributed by atoms with Gasteiger partial charge in [0.15, 0.2) is 0 Å². The third kappa shape index (κ3) is 10.7. The minimum absolute atomic E-state index is 0.335. The van der Waals surface area contributed by atoms with E-state index in [9.17, 15) is 4.79 Å². The first-order valence-corrected chi connectivity index (χ1v) is 11.6. The fraction of sp³-hybridized carbons (Fsp3) is 0.682. The van der Waals surface area contributed by atoms with Crippen molar-refractivity contribution in [3.63, 3.8) is 0 Å². The molecular formula is C22H37NO2S. The average molecular weight is 380 g/mol. The molecule has 1 aromatic carbocycles. The molecule has 26 heavy (non-hydrogen) atoms. The number of carbonyl (C=O) groups is 1. The van der Waals surface area contributed by atoms with Gasteiger partial charge in [0, 0.05) is 17.5 Å². The van der Waals surface area contributed by atoms with Crippen LogP contribution in [0.4, 0.5) is 5.69 Å². The molecule has 2 N–H and O–H groups in total. The van der Waals surface area contributed by atoms with Crippen LogP contribution in [0.5, 0.6) is 0 Å². The highest BCUT2D eigenvalue weighted by molar-refractivity contribution is 7.99.